The van der Waals surface area contributed by atoms with E-state index >= 15 is 0 Å². The summed E-state index contributed by atoms with van der Waals surface area (Å²) in [6.45, 7) is 0.0267. The molecule has 3 amide bonds. The Balaban J connectivity index is 1.36. The third kappa shape index (κ3) is 5.39. The number of benzene rings is 3. The Labute approximate surface area is 227 Å². The van der Waals surface area contributed by atoms with E-state index in [2.05, 4.69) is 5.32 Å². The van der Waals surface area contributed by atoms with E-state index in [9.17, 15) is 24.5 Å². The number of fused-ring (bicyclic) bond motifs is 1. The molecule has 39 heavy (non-hydrogen) atoms. The number of aromatic nitrogens is 1. The zero-order valence-corrected chi connectivity index (χ0v) is 21.5. The number of nitrogens with one attached hydrogen (secondary N) is 1. The van der Waals surface area contributed by atoms with Gasteiger partial charge in [0.05, 0.1) is 22.6 Å². The third-order valence-electron chi connectivity index (χ3n) is 6.16. The summed E-state index contributed by atoms with van der Waals surface area (Å²) in [5, 5.41) is 14.0. The molecule has 196 valence electrons. The van der Waals surface area contributed by atoms with Gasteiger partial charge in [-0.2, -0.15) is 0 Å². The first-order chi connectivity index (χ1) is 18.8. The molecule has 0 saturated carbocycles. The Morgan fingerprint density at radius 1 is 1.05 bits per heavy atom. The highest BCUT2D eigenvalue weighted by molar-refractivity contribution is 8.18. The van der Waals surface area contributed by atoms with Crippen LogP contribution in [-0.4, -0.2) is 45.1 Å². The molecule has 1 aliphatic rings. The van der Waals surface area contributed by atoms with E-state index in [0.29, 0.717) is 18.0 Å². The highest BCUT2D eigenvalue weighted by Gasteiger charge is 2.36. The molecule has 0 bridgehead atoms. The number of anilines is 1. The average molecular weight is 543 g/mol. The largest absolute Gasteiger partial charge is 0.495 e. The van der Waals surface area contributed by atoms with E-state index in [1.165, 1.54) is 19.2 Å². The number of rotatable bonds is 8. The van der Waals surface area contributed by atoms with Crippen LogP contribution in [-0.2, 0) is 16.1 Å². The Kier molecular flexibility index (Phi) is 7.15. The maximum absolute atomic E-state index is 13.1. The van der Waals surface area contributed by atoms with Crippen LogP contribution < -0.4 is 10.1 Å². The van der Waals surface area contributed by atoms with Crippen LogP contribution in [0.25, 0.3) is 17.0 Å². The van der Waals surface area contributed by atoms with Gasteiger partial charge in [-0.25, -0.2) is 0 Å². The molecule has 5 rings (SSSR count). The minimum Gasteiger partial charge on any atom is -0.495 e. The maximum atomic E-state index is 13.1. The van der Waals surface area contributed by atoms with Crippen molar-refractivity contribution in [3.05, 3.63) is 105 Å². The van der Waals surface area contributed by atoms with Crippen molar-refractivity contribution in [1.29, 1.82) is 0 Å². The number of hydrogen-bond donors (Lipinski definition) is 1. The normalized spacial score (nSPS) is 14.3. The number of carbonyl (C=O) groups is 3. The second kappa shape index (κ2) is 10.8. The van der Waals surface area contributed by atoms with Gasteiger partial charge in [-0.05, 0) is 41.6 Å². The lowest BCUT2D eigenvalue weighted by Gasteiger charge is -2.14. The summed E-state index contributed by atoms with van der Waals surface area (Å²) in [6, 6.07) is 20.8. The van der Waals surface area contributed by atoms with Gasteiger partial charge in [0.25, 0.3) is 16.8 Å². The fourth-order valence-corrected chi connectivity index (χ4v) is 5.13. The Morgan fingerprint density at radius 2 is 1.77 bits per heavy atom. The second-order valence-electron chi connectivity index (χ2n) is 8.67. The molecule has 3 aromatic carbocycles. The predicted molar refractivity (Wildman–Crippen MR) is 148 cm³/mol. The smallest absolute Gasteiger partial charge is 0.294 e. The lowest BCUT2D eigenvalue weighted by Crippen LogP contribution is -2.36. The van der Waals surface area contributed by atoms with Gasteiger partial charge >= 0.3 is 0 Å². The molecular weight excluding hydrogens is 520 g/mol. The number of nitrogens with zero attached hydrogens (tertiary/aromatic N) is 3. The van der Waals surface area contributed by atoms with Crippen molar-refractivity contribution in [2.24, 2.45) is 0 Å². The highest BCUT2D eigenvalue weighted by atomic mass is 32.2. The fraction of sp³-hybridized carbons (Fsp3) is 0.107. The molecule has 0 unspecified atom stereocenters. The minimum atomic E-state index is -0.549. The zero-order valence-electron chi connectivity index (χ0n) is 20.7. The van der Waals surface area contributed by atoms with Crippen LogP contribution in [0.15, 0.2) is 83.9 Å². The SMILES string of the molecule is COc1ccccc1NC(=O)CN1C(=O)S/C(=C\c2cn(Cc3ccc([N+](=O)[O-])cc3)c3ccccc23)C1=O. The van der Waals surface area contributed by atoms with Gasteiger partial charge in [-0.3, -0.25) is 29.4 Å². The van der Waals surface area contributed by atoms with Crippen LogP contribution in [0.2, 0.25) is 0 Å². The number of thioether (sulfide) groups is 1. The standard InChI is InChI=1S/C28H22N4O6S/c1-38-24-9-5-3-7-22(24)29-26(33)17-31-27(34)25(39-28(31)35)14-19-16-30(23-8-4-2-6-21(19)23)15-18-10-12-20(13-11-18)32(36)37/h2-14,16H,15,17H2,1H3,(H,29,33)/b25-14-. The lowest BCUT2D eigenvalue weighted by molar-refractivity contribution is -0.384. The summed E-state index contributed by atoms with van der Waals surface area (Å²) in [4.78, 5) is 50.0. The van der Waals surface area contributed by atoms with E-state index in [0.717, 1.165) is 38.7 Å². The van der Waals surface area contributed by atoms with Crippen molar-refractivity contribution < 1.29 is 24.0 Å². The molecule has 1 aliphatic heterocycles. The summed E-state index contributed by atoms with van der Waals surface area (Å²) in [6.07, 6.45) is 3.52. The number of para-hydroxylation sites is 3. The summed E-state index contributed by atoms with van der Waals surface area (Å²) in [7, 11) is 1.48. The first kappa shape index (κ1) is 25.7. The fourth-order valence-electron chi connectivity index (χ4n) is 4.30. The van der Waals surface area contributed by atoms with E-state index < -0.39 is 28.5 Å². The van der Waals surface area contributed by atoms with Crippen LogP contribution in [0.3, 0.4) is 0 Å². The van der Waals surface area contributed by atoms with Crippen molar-refractivity contribution in [2.45, 2.75) is 6.54 Å². The molecule has 11 heteroatoms. The van der Waals surface area contributed by atoms with Crippen molar-refractivity contribution in [3.8, 4) is 5.75 Å². The number of methoxy groups -OCH3 is 1. The van der Waals surface area contributed by atoms with Crippen LogP contribution in [0.1, 0.15) is 11.1 Å². The van der Waals surface area contributed by atoms with Gasteiger partial charge in [0.2, 0.25) is 5.91 Å². The van der Waals surface area contributed by atoms with Gasteiger partial charge in [0.15, 0.2) is 0 Å². The van der Waals surface area contributed by atoms with Crippen molar-refractivity contribution in [3.63, 3.8) is 0 Å². The number of carbonyl (C=O) groups excluding carboxylic acids is 3. The number of nitro groups is 1. The topological polar surface area (TPSA) is 124 Å². The molecule has 1 fully saturated rings. The molecule has 1 N–H and O–H groups in total. The van der Waals surface area contributed by atoms with Crippen LogP contribution in [0.4, 0.5) is 16.2 Å². The van der Waals surface area contributed by atoms with Gasteiger partial charge in [0, 0.05) is 41.3 Å². The molecule has 0 spiro atoms. The quantitative estimate of drug-likeness (QED) is 0.182. The van der Waals surface area contributed by atoms with Crippen molar-refractivity contribution in [1.82, 2.24) is 9.47 Å². The van der Waals surface area contributed by atoms with E-state index in [-0.39, 0.29) is 10.6 Å². The molecule has 0 atom stereocenters. The van der Waals surface area contributed by atoms with Gasteiger partial charge in [-0.1, -0.05) is 42.5 Å². The number of nitro benzene ring substituents is 1. The molecule has 1 aromatic heterocycles. The molecular formula is C28H22N4O6S. The Bertz CT molecular complexity index is 1640. The highest BCUT2D eigenvalue weighted by Crippen LogP contribution is 2.34. The van der Waals surface area contributed by atoms with E-state index in [4.69, 9.17) is 4.74 Å². The summed E-state index contributed by atoms with van der Waals surface area (Å²) < 4.78 is 7.21. The monoisotopic (exact) mass is 542 g/mol. The van der Waals surface area contributed by atoms with Gasteiger partial charge < -0.3 is 14.6 Å². The van der Waals surface area contributed by atoms with Crippen molar-refractivity contribution >= 4 is 57.2 Å². The molecule has 4 aromatic rings. The summed E-state index contributed by atoms with van der Waals surface area (Å²) >= 11 is 0.779. The number of hydrogen-bond acceptors (Lipinski definition) is 7. The number of non-ortho nitro benzene ring substituents is 1. The number of imide groups is 1. The minimum absolute atomic E-state index is 0.0177. The summed E-state index contributed by atoms with van der Waals surface area (Å²) in [5.41, 5.74) is 2.96. The Morgan fingerprint density at radius 3 is 2.51 bits per heavy atom. The van der Waals surface area contributed by atoms with Crippen molar-refractivity contribution in [2.75, 3.05) is 19.0 Å². The average Bonchev–Trinajstić information content (AvgIpc) is 3.41. The van der Waals surface area contributed by atoms with E-state index in [1.54, 1.807) is 42.5 Å². The van der Waals surface area contributed by atoms with Crippen LogP contribution in [0.5, 0.6) is 5.75 Å². The van der Waals surface area contributed by atoms with Crippen LogP contribution in [0, 0.1) is 10.1 Å². The lowest BCUT2D eigenvalue weighted by atomic mass is 10.1. The second-order valence-corrected chi connectivity index (χ2v) is 9.66. The maximum Gasteiger partial charge on any atom is 0.294 e. The Hall–Kier alpha value is -4.90. The summed E-state index contributed by atoms with van der Waals surface area (Å²) in [5.74, 6) is -0.611. The molecule has 10 nitrogen and oxygen atoms in total. The predicted octanol–water partition coefficient (Wildman–Crippen LogP) is 5.28. The number of ether oxygens (including phenoxy) is 1. The molecule has 2 heterocycles. The first-order valence-corrected chi connectivity index (χ1v) is 12.6. The molecule has 1 saturated heterocycles. The van der Waals surface area contributed by atoms with Crippen LogP contribution >= 0.6 is 11.8 Å². The zero-order chi connectivity index (χ0) is 27.5. The molecule has 0 aliphatic carbocycles. The van der Waals surface area contributed by atoms with E-state index in [1.807, 2.05) is 35.0 Å². The van der Waals surface area contributed by atoms with Gasteiger partial charge in [0.1, 0.15) is 12.3 Å². The first-order valence-electron chi connectivity index (χ1n) is 11.8. The van der Waals surface area contributed by atoms with Gasteiger partial charge in [-0.15, -0.1) is 0 Å². The molecule has 0 radical (unpaired) electrons. The number of amides is 3. The third-order valence-corrected chi connectivity index (χ3v) is 7.07.